The van der Waals surface area contributed by atoms with E-state index in [4.69, 9.17) is 24.1 Å². The monoisotopic (exact) mass is 438 g/mol. The Kier molecular flexibility index (Phi) is 8.19. The standard InChI is InChI=1S/C23H26N4O5/c1-16-9-11-18(12-10-16)21(25-28-3)17(2)32-24-15-19-7-5-6-8-20(19)22(26-29-4)23-27-31-14-13-30-23/h5-12,15,17H,13-14H2,1-4H3/b24-15+,25-21-,26-22+. The van der Waals surface area contributed by atoms with Gasteiger partial charge in [0.15, 0.2) is 18.4 Å². The highest BCUT2D eigenvalue weighted by atomic mass is 16.7. The summed E-state index contributed by atoms with van der Waals surface area (Å²) in [6, 6.07) is 15.4. The maximum atomic E-state index is 5.69. The lowest BCUT2D eigenvalue weighted by atomic mass is 10.0. The SMILES string of the molecule is CO/N=C(/C1=NOCCO1)c1ccccc1/C=N/OC(C)/C(=N/OC)c1ccc(C)cc1. The van der Waals surface area contributed by atoms with Gasteiger partial charge >= 0.3 is 0 Å². The summed E-state index contributed by atoms with van der Waals surface area (Å²) in [6.07, 6.45) is 1.13. The lowest BCUT2D eigenvalue weighted by Gasteiger charge is -2.16. The fourth-order valence-corrected chi connectivity index (χ4v) is 2.95. The summed E-state index contributed by atoms with van der Waals surface area (Å²) < 4.78 is 5.57. The molecule has 168 valence electrons. The van der Waals surface area contributed by atoms with Crippen molar-refractivity contribution in [1.29, 1.82) is 0 Å². The average molecular weight is 438 g/mol. The van der Waals surface area contributed by atoms with Gasteiger partial charge in [0.2, 0.25) is 0 Å². The third-order valence-electron chi connectivity index (χ3n) is 4.49. The van der Waals surface area contributed by atoms with Crippen LogP contribution in [0.4, 0.5) is 0 Å². The van der Waals surface area contributed by atoms with Crippen molar-refractivity contribution in [3.63, 3.8) is 0 Å². The second-order valence-electron chi connectivity index (χ2n) is 6.80. The second-order valence-corrected chi connectivity index (χ2v) is 6.80. The highest BCUT2D eigenvalue weighted by Crippen LogP contribution is 2.14. The predicted molar refractivity (Wildman–Crippen MR) is 122 cm³/mol. The zero-order chi connectivity index (χ0) is 22.8. The van der Waals surface area contributed by atoms with Gasteiger partial charge in [0.25, 0.3) is 5.90 Å². The second kappa shape index (κ2) is 11.5. The third-order valence-corrected chi connectivity index (χ3v) is 4.49. The number of oxime groups is 4. The Morgan fingerprint density at radius 3 is 2.47 bits per heavy atom. The van der Waals surface area contributed by atoms with Crippen molar-refractivity contribution in [1.82, 2.24) is 0 Å². The van der Waals surface area contributed by atoms with Gasteiger partial charge in [0, 0.05) is 16.7 Å². The van der Waals surface area contributed by atoms with Gasteiger partial charge in [-0.25, -0.2) is 0 Å². The Labute approximate surface area is 186 Å². The van der Waals surface area contributed by atoms with Gasteiger partial charge in [-0.15, -0.1) is 0 Å². The Morgan fingerprint density at radius 2 is 1.78 bits per heavy atom. The molecule has 0 spiro atoms. The number of hydrogen-bond acceptors (Lipinski definition) is 9. The molecule has 0 aromatic heterocycles. The summed E-state index contributed by atoms with van der Waals surface area (Å²) in [6.45, 7) is 4.63. The van der Waals surface area contributed by atoms with Gasteiger partial charge in [-0.1, -0.05) is 69.6 Å². The summed E-state index contributed by atoms with van der Waals surface area (Å²) in [5.74, 6) is 0.238. The van der Waals surface area contributed by atoms with Crippen LogP contribution < -0.4 is 0 Å². The lowest BCUT2D eigenvalue weighted by Crippen LogP contribution is -2.26. The summed E-state index contributed by atoms with van der Waals surface area (Å²) in [5, 5.41) is 16.3. The van der Waals surface area contributed by atoms with E-state index >= 15 is 0 Å². The molecule has 0 amide bonds. The smallest absolute Gasteiger partial charge is 0.280 e. The largest absolute Gasteiger partial charge is 0.470 e. The Bertz CT molecular complexity index is 1020. The molecule has 9 heteroatoms. The highest BCUT2D eigenvalue weighted by Gasteiger charge is 2.21. The topological polar surface area (TPSA) is 95.6 Å². The normalized spacial score (nSPS) is 15.4. The summed E-state index contributed by atoms with van der Waals surface area (Å²) in [4.78, 5) is 20.8. The van der Waals surface area contributed by atoms with Crippen LogP contribution in [0.3, 0.4) is 0 Å². The van der Waals surface area contributed by atoms with Gasteiger partial charge < -0.3 is 24.1 Å². The van der Waals surface area contributed by atoms with Crippen molar-refractivity contribution in [3.05, 3.63) is 70.8 Å². The first-order valence-corrected chi connectivity index (χ1v) is 10.0. The number of aryl methyl sites for hydroxylation is 1. The van der Waals surface area contributed by atoms with Crippen LogP contribution in [-0.2, 0) is 24.1 Å². The molecule has 32 heavy (non-hydrogen) atoms. The Morgan fingerprint density at radius 1 is 1.03 bits per heavy atom. The van der Waals surface area contributed by atoms with Gasteiger partial charge in [-0.3, -0.25) is 0 Å². The minimum absolute atomic E-state index is 0.238. The maximum absolute atomic E-state index is 5.69. The van der Waals surface area contributed by atoms with Crippen LogP contribution in [0.2, 0.25) is 0 Å². The first-order valence-electron chi connectivity index (χ1n) is 10.0. The molecule has 1 atom stereocenters. The van der Waals surface area contributed by atoms with E-state index in [1.807, 2.05) is 62.4 Å². The van der Waals surface area contributed by atoms with Crippen molar-refractivity contribution in [2.75, 3.05) is 27.4 Å². The first kappa shape index (κ1) is 22.8. The van der Waals surface area contributed by atoms with Crippen LogP contribution in [0.15, 0.2) is 69.2 Å². The molecule has 1 aliphatic rings. The molecule has 9 nitrogen and oxygen atoms in total. The molecule has 0 saturated carbocycles. The number of benzene rings is 2. The molecule has 0 N–H and O–H groups in total. The molecule has 0 fully saturated rings. The van der Waals surface area contributed by atoms with Gasteiger partial charge in [0.1, 0.15) is 26.5 Å². The average Bonchev–Trinajstić information content (AvgIpc) is 2.82. The molecule has 1 unspecified atom stereocenters. The molecule has 0 bridgehead atoms. The summed E-state index contributed by atoms with van der Waals surface area (Å²) in [5.41, 5.74) is 4.49. The molecule has 0 aliphatic carbocycles. The molecular weight excluding hydrogens is 412 g/mol. The van der Waals surface area contributed by atoms with E-state index in [0.29, 0.717) is 30.2 Å². The third kappa shape index (κ3) is 5.84. The number of nitrogens with zero attached hydrogens (tertiary/aromatic N) is 4. The van der Waals surface area contributed by atoms with Crippen molar-refractivity contribution in [2.24, 2.45) is 20.6 Å². The summed E-state index contributed by atoms with van der Waals surface area (Å²) in [7, 11) is 2.95. The number of ether oxygens (including phenoxy) is 1. The van der Waals surface area contributed by atoms with Crippen LogP contribution in [0.5, 0.6) is 0 Å². The van der Waals surface area contributed by atoms with E-state index in [0.717, 1.165) is 16.7 Å². The van der Waals surface area contributed by atoms with Crippen molar-refractivity contribution < 1.29 is 24.1 Å². The minimum Gasteiger partial charge on any atom is -0.470 e. The molecule has 2 aromatic rings. The van der Waals surface area contributed by atoms with E-state index in [-0.39, 0.29) is 5.90 Å². The van der Waals surface area contributed by atoms with Crippen LogP contribution >= 0.6 is 0 Å². The van der Waals surface area contributed by atoms with Crippen LogP contribution in [0.25, 0.3) is 0 Å². The van der Waals surface area contributed by atoms with Crippen molar-refractivity contribution in [2.45, 2.75) is 20.0 Å². The van der Waals surface area contributed by atoms with Crippen LogP contribution in [0.1, 0.15) is 29.2 Å². The molecule has 1 heterocycles. The lowest BCUT2D eigenvalue weighted by molar-refractivity contribution is 0.0672. The van der Waals surface area contributed by atoms with E-state index in [1.165, 1.54) is 14.2 Å². The van der Waals surface area contributed by atoms with E-state index in [2.05, 4.69) is 20.6 Å². The maximum Gasteiger partial charge on any atom is 0.280 e. The first-order chi connectivity index (χ1) is 15.6. The van der Waals surface area contributed by atoms with Crippen molar-refractivity contribution >= 4 is 23.5 Å². The van der Waals surface area contributed by atoms with Gasteiger partial charge in [0.05, 0.1) is 6.21 Å². The minimum atomic E-state index is -0.451. The zero-order valence-electron chi connectivity index (χ0n) is 18.5. The van der Waals surface area contributed by atoms with Crippen LogP contribution in [-0.4, -0.2) is 57.1 Å². The molecule has 0 radical (unpaired) electrons. The predicted octanol–water partition coefficient (Wildman–Crippen LogP) is 3.50. The molecular formula is C23H26N4O5. The van der Waals surface area contributed by atoms with E-state index in [9.17, 15) is 0 Å². The highest BCUT2D eigenvalue weighted by molar-refractivity contribution is 6.46. The molecule has 1 aliphatic heterocycles. The molecule has 0 saturated heterocycles. The van der Waals surface area contributed by atoms with E-state index in [1.54, 1.807) is 6.21 Å². The van der Waals surface area contributed by atoms with Gasteiger partial charge in [-0.05, 0) is 19.0 Å². The Balaban J connectivity index is 1.80. The zero-order valence-corrected chi connectivity index (χ0v) is 18.5. The summed E-state index contributed by atoms with van der Waals surface area (Å²) >= 11 is 0. The Hall–Kier alpha value is -3.88. The fourth-order valence-electron chi connectivity index (χ4n) is 2.95. The van der Waals surface area contributed by atoms with E-state index < -0.39 is 6.10 Å². The fraction of sp³-hybridized carbons (Fsp3) is 0.304. The van der Waals surface area contributed by atoms with Crippen LogP contribution in [0, 0.1) is 6.92 Å². The number of rotatable bonds is 9. The van der Waals surface area contributed by atoms with Crippen molar-refractivity contribution in [3.8, 4) is 0 Å². The molecule has 3 rings (SSSR count). The van der Waals surface area contributed by atoms with Gasteiger partial charge in [-0.2, -0.15) is 0 Å². The molecule has 2 aromatic carbocycles. The number of hydrogen-bond donors (Lipinski definition) is 0. The quantitative estimate of drug-likeness (QED) is 0.441.